The molecule has 1 amide bonds. The van der Waals surface area contributed by atoms with Crippen molar-refractivity contribution in [3.63, 3.8) is 0 Å². The molecule has 0 spiro atoms. The molecule has 3 heteroatoms. The maximum Gasteiger partial charge on any atom is 0.294 e. The van der Waals surface area contributed by atoms with E-state index < -0.39 is 11.7 Å². The number of nitrogens with zero attached hydrogens (tertiary/aromatic N) is 1. The van der Waals surface area contributed by atoms with E-state index in [4.69, 9.17) is 0 Å². The average molecular weight is 261 g/mol. The number of likely N-dealkylation sites (N-methyl/N-ethyl adjacent to an activating group) is 1. The van der Waals surface area contributed by atoms with Gasteiger partial charge in [-0.15, -0.1) is 0 Å². The zero-order chi connectivity index (χ0) is 14.4. The molecule has 0 aromatic heterocycles. The second-order valence-corrected chi connectivity index (χ2v) is 4.74. The molecule has 19 heavy (non-hydrogen) atoms. The Morgan fingerprint density at radius 3 is 2.00 bits per heavy atom. The molecular formula is C16H23NO2. The lowest BCUT2D eigenvalue weighted by atomic mass is 9.97. The van der Waals surface area contributed by atoms with Crippen molar-refractivity contribution in [2.24, 2.45) is 0 Å². The molecule has 0 bridgehead atoms. The van der Waals surface area contributed by atoms with Gasteiger partial charge in [0.2, 0.25) is 5.78 Å². The van der Waals surface area contributed by atoms with Crippen LogP contribution in [0.1, 0.15) is 56.0 Å². The number of carbonyl (C=O) groups is 2. The SMILES string of the molecule is CCC(C)c1ccc(C(=O)C(=O)N(CC)CC)cc1. The minimum absolute atomic E-state index is 0.415. The summed E-state index contributed by atoms with van der Waals surface area (Å²) in [6, 6.07) is 7.39. The third kappa shape index (κ3) is 3.66. The monoisotopic (exact) mass is 261 g/mol. The smallest absolute Gasteiger partial charge is 0.294 e. The van der Waals surface area contributed by atoms with Crippen LogP contribution in [0.4, 0.5) is 0 Å². The van der Waals surface area contributed by atoms with Crippen LogP contribution in [-0.2, 0) is 4.79 Å². The molecule has 0 aliphatic carbocycles. The summed E-state index contributed by atoms with van der Waals surface area (Å²) in [5.74, 6) is -0.358. The normalized spacial score (nSPS) is 12.0. The Bertz CT molecular complexity index is 433. The number of benzene rings is 1. The first kappa shape index (κ1) is 15.4. The molecule has 0 saturated carbocycles. The third-order valence-corrected chi connectivity index (χ3v) is 3.60. The number of Topliss-reactive ketones (excluding diaryl/α,β-unsaturated/α-hetero) is 1. The summed E-state index contributed by atoms with van der Waals surface area (Å²) in [6.45, 7) is 9.16. The summed E-state index contributed by atoms with van der Waals surface area (Å²) in [4.78, 5) is 25.6. The third-order valence-electron chi connectivity index (χ3n) is 3.60. The van der Waals surface area contributed by atoms with E-state index in [0.29, 0.717) is 24.6 Å². The van der Waals surface area contributed by atoms with E-state index >= 15 is 0 Å². The molecular weight excluding hydrogens is 238 g/mol. The minimum Gasteiger partial charge on any atom is -0.336 e. The molecule has 0 radical (unpaired) electrons. The van der Waals surface area contributed by atoms with Crippen LogP contribution in [0, 0.1) is 0 Å². The van der Waals surface area contributed by atoms with E-state index in [1.165, 1.54) is 5.56 Å². The molecule has 1 aromatic carbocycles. The lowest BCUT2D eigenvalue weighted by Crippen LogP contribution is -2.36. The van der Waals surface area contributed by atoms with Crippen molar-refractivity contribution < 1.29 is 9.59 Å². The number of amides is 1. The van der Waals surface area contributed by atoms with E-state index in [1.807, 2.05) is 26.0 Å². The van der Waals surface area contributed by atoms with E-state index in [2.05, 4.69) is 13.8 Å². The van der Waals surface area contributed by atoms with Crippen LogP contribution in [0.2, 0.25) is 0 Å². The highest BCUT2D eigenvalue weighted by atomic mass is 16.2. The summed E-state index contributed by atoms with van der Waals surface area (Å²) in [6.07, 6.45) is 1.06. The quantitative estimate of drug-likeness (QED) is 0.582. The van der Waals surface area contributed by atoms with Gasteiger partial charge in [-0.2, -0.15) is 0 Å². The minimum atomic E-state index is -0.417. The molecule has 0 N–H and O–H groups in total. The molecule has 0 aliphatic rings. The molecule has 1 rings (SSSR count). The van der Waals surface area contributed by atoms with E-state index in [9.17, 15) is 9.59 Å². The summed E-state index contributed by atoms with van der Waals surface area (Å²) in [7, 11) is 0. The highest BCUT2D eigenvalue weighted by Crippen LogP contribution is 2.19. The van der Waals surface area contributed by atoms with Gasteiger partial charge in [-0.25, -0.2) is 0 Å². The Morgan fingerprint density at radius 2 is 1.58 bits per heavy atom. The van der Waals surface area contributed by atoms with Gasteiger partial charge >= 0.3 is 0 Å². The van der Waals surface area contributed by atoms with Crippen molar-refractivity contribution in [3.8, 4) is 0 Å². The first-order valence-corrected chi connectivity index (χ1v) is 6.98. The van der Waals surface area contributed by atoms with Gasteiger partial charge in [0.05, 0.1) is 0 Å². The van der Waals surface area contributed by atoms with Gasteiger partial charge in [0.15, 0.2) is 0 Å². The first-order valence-electron chi connectivity index (χ1n) is 6.98. The summed E-state index contributed by atoms with van der Waals surface area (Å²) >= 11 is 0. The van der Waals surface area contributed by atoms with Crippen molar-refractivity contribution in [2.75, 3.05) is 13.1 Å². The maximum atomic E-state index is 12.1. The fourth-order valence-corrected chi connectivity index (χ4v) is 1.98. The van der Waals surface area contributed by atoms with E-state index in [-0.39, 0.29) is 0 Å². The topological polar surface area (TPSA) is 37.4 Å². The highest BCUT2D eigenvalue weighted by molar-refractivity contribution is 6.42. The van der Waals surface area contributed by atoms with Gasteiger partial charge in [-0.3, -0.25) is 9.59 Å². The number of hydrogen-bond acceptors (Lipinski definition) is 2. The zero-order valence-corrected chi connectivity index (χ0v) is 12.3. The average Bonchev–Trinajstić information content (AvgIpc) is 2.47. The zero-order valence-electron chi connectivity index (χ0n) is 12.3. The van der Waals surface area contributed by atoms with Gasteiger partial charge in [0, 0.05) is 18.7 Å². The standard InChI is InChI=1S/C16H23NO2/c1-5-12(4)13-8-10-14(11-9-13)15(18)16(19)17(6-2)7-3/h8-12H,5-7H2,1-4H3. The molecule has 3 nitrogen and oxygen atoms in total. The van der Waals surface area contributed by atoms with Crippen molar-refractivity contribution in [1.29, 1.82) is 0 Å². The van der Waals surface area contributed by atoms with Crippen molar-refractivity contribution in [1.82, 2.24) is 4.90 Å². The Kier molecular flexibility index (Phi) is 5.74. The lowest BCUT2D eigenvalue weighted by Gasteiger charge is -2.17. The molecule has 0 heterocycles. The van der Waals surface area contributed by atoms with Crippen LogP contribution in [0.3, 0.4) is 0 Å². The fourth-order valence-electron chi connectivity index (χ4n) is 1.98. The lowest BCUT2D eigenvalue weighted by molar-refractivity contribution is -0.126. The summed E-state index contributed by atoms with van der Waals surface area (Å²) in [5.41, 5.74) is 1.68. The first-order chi connectivity index (χ1) is 9.04. The van der Waals surface area contributed by atoms with Gasteiger partial charge in [0.1, 0.15) is 0 Å². The molecule has 0 saturated heterocycles. The van der Waals surface area contributed by atoms with Crippen molar-refractivity contribution >= 4 is 11.7 Å². The second kappa shape index (κ2) is 7.07. The molecule has 104 valence electrons. The van der Waals surface area contributed by atoms with Crippen LogP contribution in [0.25, 0.3) is 0 Å². The van der Waals surface area contributed by atoms with Crippen molar-refractivity contribution in [3.05, 3.63) is 35.4 Å². The van der Waals surface area contributed by atoms with Crippen LogP contribution >= 0.6 is 0 Å². The fraction of sp³-hybridized carbons (Fsp3) is 0.500. The predicted octanol–water partition coefficient (Wildman–Crippen LogP) is 3.25. The molecule has 0 aliphatic heterocycles. The summed E-state index contributed by atoms with van der Waals surface area (Å²) in [5, 5.41) is 0. The highest BCUT2D eigenvalue weighted by Gasteiger charge is 2.20. The number of hydrogen-bond donors (Lipinski definition) is 0. The summed E-state index contributed by atoms with van der Waals surface area (Å²) < 4.78 is 0. The Balaban J connectivity index is 2.86. The largest absolute Gasteiger partial charge is 0.336 e. The Labute approximate surface area is 115 Å². The van der Waals surface area contributed by atoms with Crippen molar-refractivity contribution in [2.45, 2.75) is 40.0 Å². The predicted molar refractivity (Wildman–Crippen MR) is 77.4 cm³/mol. The molecule has 1 unspecified atom stereocenters. The van der Waals surface area contributed by atoms with Gasteiger partial charge in [0.25, 0.3) is 5.91 Å². The van der Waals surface area contributed by atoms with Crippen LogP contribution in [0.15, 0.2) is 24.3 Å². The Morgan fingerprint density at radius 1 is 1.05 bits per heavy atom. The number of rotatable bonds is 6. The van der Waals surface area contributed by atoms with Crippen LogP contribution < -0.4 is 0 Å². The molecule has 1 atom stereocenters. The van der Waals surface area contributed by atoms with Crippen LogP contribution in [0.5, 0.6) is 0 Å². The molecule has 1 aromatic rings. The Hall–Kier alpha value is -1.64. The second-order valence-electron chi connectivity index (χ2n) is 4.74. The number of carbonyl (C=O) groups excluding carboxylic acids is 2. The van der Waals surface area contributed by atoms with E-state index in [1.54, 1.807) is 17.0 Å². The van der Waals surface area contributed by atoms with Gasteiger partial charge < -0.3 is 4.90 Å². The van der Waals surface area contributed by atoms with Gasteiger partial charge in [-0.05, 0) is 31.7 Å². The number of ketones is 1. The maximum absolute atomic E-state index is 12.1. The van der Waals surface area contributed by atoms with Gasteiger partial charge in [-0.1, -0.05) is 38.1 Å². The van der Waals surface area contributed by atoms with Crippen LogP contribution in [-0.4, -0.2) is 29.7 Å². The molecule has 0 fully saturated rings. The van der Waals surface area contributed by atoms with E-state index in [0.717, 1.165) is 6.42 Å².